The number of ether oxygens (including phenoxy) is 1. The average molecular weight is 311 g/mol. The lowest BCUT2D eigenvalue weighted by atomic mass is 10.1. The van der Waals surface area contributed by atoms with Crippen LogP contribution in [0.4, 0.5) is 5.13 Å². The number of hydrogen-bond acceptors (Lipinski definition) is 4. The number of thiazole rings is 1. The third-order valence-electron chi connectivity index (χ3n) is 2.50. The van der Waals surface area contributed by atoms with Gasteiger partial charge in [0, 0.05) is 5.38 Å². The van der Waals surface area contributed by atoms with Crippen LogP contribution in [0.1, 0.15) is 16.8 Å². The van der Waals surface area contributed by atoms with Gasteiger partial charge in [-0.05, 0) is 37.1 Å². The van der Waals surface area contributed by atoms with Crippen molar-refractivity contribution in [3.8, 4) is 5.75 Å². The van der Waals surface area contributed by atoms with Gasteiger partial charge in [-0.25, -0.2) is 4.98 Å². The van der Waals surface area contributed by atoms with Gasteiger partial charge in [0.1, 0.15) is 5.75 Å². The van der Waals surface area contributed by atoms with Crippen molar-refractivity contribution in [1.29, 1.82) is 0 Å². The smallest absolute Gasteiger partial charge is 0.264 e. The highest BCUT2D eigenvalue weighted by molar-refractivity contribution is 7.13. The molecule has 2 aromatic rings. The van der Waals surface area contributed by atoms with Gasteiger partial charge < -0.3 is 4.74 Å². The van der Waals surface area contributed by atoms with Crippen LogP contribution in [0.15, 0.2) is 23.6 Å². The second-order valence-electron chi connectivity index (χ2n) is 4.44. The van der Waals surface area contributed by atoms with Crippen LogP contribution < -0.4 is 10.1 Å². The molecular weight excluding hydrogens is 296 g/mol. The fourth-order valence-corrected chi connectivity index (χ4v) is 2.70. The molecule has 6 heteroatoms. The zero-order chi connectivity index (χ0) is 14.5. The van der Waals surface area contributed by atoms with E-state index in [1.165, 1.54) is 11.3 Å². The Labute approximate surface area is 126 Å². The summed E-state index contributed by atoms with van der Waals surface area (Å²) in [5.74, 6) is 0.795. The molecule has 0 atom stereocenters. The van der Waals surface area contributed by atoms with Gasteiger partial charge in [0.05, 0.1) is 11.6 Å². The van der Waals surface area contributed by atoms with E-state index in [0.29, 0.717) is 16.8 Å². The first-order valence-corrected chi connectivity index (χ1v) is 7.49. The molecule has 1 amide bonds. The molecule has 0 fully saturated rings. The van der Waals surface area contributed by atoms with E-state index in [4.69, 9.17) is 16.3 Å². The molecule has 0 bridgehead atoms. The highest BCUT2D eigenvalue weighted by atomic mass is 35.5. The summed E-state index contributed by atoms with van der Waals surface area (Å²) in [7, 11) is 0. The van der Waals surface area contributed by atoms with Gasteiger partial charge in [-0.1, -0.05) is 6.07 Å². The first kappa shape index (κ1) is 14.8. The fourth-order valence-electron chi connectivity index (χ4n) is 1.75. The van der Waals surface area contributed by atoms with Crippen molar-refractivity contribution in [2.45, 2.75) is 19.7 Å². The van der Waals surface area contributed by atoms with Gasteiger partial charge >= 0.3 is 0 Å². The van der Waals surface area contributed by atoms with Crippen molar-refractivity contribution >= 4 is 34.0 Å². The molecule has 0 aliphatic carbocycles. The van der Waals surface area contributed by atoms with E-state index in [-0.39, 0.29) is 12.5 Å². The first-order valence-electron chi connectivity index (χ1n) is 6.08. The Morgan fingerprint density at radius 1 is 1.35 bits per heavy atom. The Balaban J connectivity index is 1.88. The predicted octanol–water partition coefficient (Wildman–Crippen LogP) is 3.52. The maximum absolute atomic E-state index is 11.8. The topological polar surface area (TPSA) is 51.2 Å². The zero-order valence-corrected chi connectivity index (χ0v) is 12.8. The fraction of sp³-hybridized carbons (Fsp3) is 0.286. The standard InChI is InChI=1S/C14H15ClN2O2S/c1-9-3-10(2)5-12(4-9)19-7-13(18)17-14-16-11(6-15)8-20-14/h3-5,8H,6-7H2,1-2H3,(H,16,17,18). The van der Waals surface area contributed by atoms with Gasteiger partial charge in [-0.2, -0.15) is 0 Å². The Kier molecular flexibility index (Phi) is 4.98. The van der Waals surface area contributed by atoms with Crippen molar-refractivity contribution in [1.82, 2.24) is 4.98 Å². The van der Waals surface area contributed by atoms with Crippen molar-refractivity contribution in [2.75, 3.05) is 11.9 Å². The number of carbonyl (C=O) groups is 1. The number of nitrogens with zero attached hydrogens (tertiary/aromatic N) is 1. The number of nitrogens with one attached hydrogen (secondary N) is 1. The van der Waals surface area contributed by atoms with Crippen molar-refractivity contribution in [2.24, 2.45) is 0 Å². The predicted molar refractivity (Wildman–Crippen MR) is 81.7 cm³/mol. The molecule has 1 heterocycles. The van der Waals surface area contributed by atoms with Crippen molar-refractivity contribution in [3.63, 3.8) is 0 Å². The molecule has 4 nitrogen and oxygen atoms in total. The van der Waals surface area contributed by atoms with E-state index in [0.717, 1.165) is 16.8 Å². The molecule has 0 radical (unpaired) electrons. The summed E-state index contributed by atoms with van der Waals surface area (Å²) in [6.07, 6.45) is 0. The minimum absolute atomic E-state index is 0.0430. The minimum Gasteiger partial charge on any atom is -0.484 e. The molecular formula is C14H15ClN2O2S. The summed E-state index contributed by atoms with van der Waals surface area (Å²) < 4.78 is 5.47. The zero-order valence-electron chi connectivity index (χ0n) is 11.3. The van der Waals surface area contributed by atoms with Crippen LogP contribution in [0.3, 0.4) is 0 Å². The number of hydrogen-bond donors (Lipinski definition) is 1. The van der Waals surface area contributed by atoms with Crippen molar-refractivity contribution < 1.29 is 9.53 Å². The number of rotatable bonds is 5. The van der Waals surface area contributed by atoms with Gasteiger partial charge in [0.25, 0.3) is 5.91 Å². The molecule has 2 rings (SSSR count). The molecule has 1 N–H and O–H groups in total. The molecule has 1 aromatic carbocycles. The molecule has 106 valence electrons. The summed E-state index contributed by atoms with van der Waals surface area (Å²) in [5.41, 5.74) is 2.96. The first-order chi connectivity index (χ1) is 9.56. The number of carbonyl (C=O) groups excluding carboxylic acids is 1. The number of anilines is 1. The molecule has 20 heavy (non-hydrogen) atoms. The van der Waals surface area contributed by atoms with E-state index in [1.807, 2.05) is 31.4 Å². The summed E-state index contributed by atoms with van der Waals surface area (Å²) in [6, 6.07) is 5.85. The third-order valence-corrected chi connectivity index (χ3v) is 3.58. The summed E-state index contributed by atoms with van der Waals surface area (Å²) in [4.78, 5) is 15.9. The lowest BCUT2D eigenvalue weighted by molar-refractivity contribution is -0.118. The van der Waals surface area contributed by atoms with E-state index in [2.05, 4.69) is 16.4 Å². The van der Waals surface area contributed by atoms with Gasteiger partial charge in [-0.3, -0.25) is 10.1 Å². The average Bonchev–Trinajstić information content (AvgIpc) is 2.83. The van der Waals surface area contributed by atoms with E-state index >= 15 is 0 Å². The van der Waals surface area contributed by atoms with Crippen LogP contribution in [0, 0.1) is 13.8 Å². The monoisotopic (exact) mass is 310 g/mol. The molecule has 0 saturated heterocycles. The molecule has 0 aliphatic heterocycles. The Bertz CT molecular complexity index is 593. The highest BCUT2D eigenvalue weighted by Crippen LogP contribution is 2.18. The highest BCUT2D eigenvalue weighted by Gasteiger charge is 2.07. The third kappa shape index (κ3) is 4.21. The molecule has 0 spiro atoms. The lowest BCUT2D eigenvalue weighted by Crippen LogP contribution is -2.20. The molecule has 0 unspecified atom stereocenters. The van der Waals surface area contributed by atoms with Crippen LogP contribution in [-0.4, -0.2) is 17.5 Å². The largest absolute Gasteiger partial charge is 0.484 e. The number of benzene rings is 1. The number of aromatic nitrogens is 1. The summed E-state index contributed by atoms with van der Waals surface area (Å²) >= 11 is 7.00. The van der Waals surface area contributed by atoms with Gasteiger partial charge in [0.15, 0.2) is 11.7 Å². The van der Waals surface area contributed by atoms with Gasteiger partial charge in [0.2, 0.25) is 0 Å². The number of amides is 1. The molecule has 1 aromatic heterocycles. The van der Waals surface area contributed by atoms with Crippen LogP contribution in [-0.2, 0) is 10.7 Å². The van der Waals surface area contributed by atoms with E-state index in [9.17, 15) is 4.79 Å². The van der Waals surface area contributed by atoms with E-state index in [1.54, 1.807) is 0 Å². The second-order valence-corrected chi connectivity index (χ2v) is 5.56. The Morgan fingerprint density at radius 3 is 2.65 bits per heavy atom. The van der Waals surface area contributed by atoms with E-state index < -0.39 is 0 Å². The molecule has 0 saturated carbocycles. The summed E-state index contributed by atoms with van der Waals surface area (Å²) in [6.45, 7) is 3.94. The SMILES string of the molecule is Cc1cc(C)cc(OCC(=O)Nc2nc(CCl)cs2)c1. The Hall–Kier alpha value is -1.59. The molecule has 0 aliphatic rings. The quantitative estimate of drug-likeness (QED) is 0.860. The number of halogens is 1. The van der Waals surface area contributed by atoms with Crippen LogP contribution in [0.5, 0.6) is 5.75 Å². The van der Waals surface area contributed by atoms with Gasteiger partial charge in [-0.15, -0.1) is 22.9 Å². The van der Waals surface area contributed by atoms with Crippen LogP contribution >= 0.6 is 22.9 Å². The minimum atomic E-state index is -0.236. The van der Waals surface area contributed by atoms with Crippen molar-refractivity contribution in [3.05, 3.63) is 40.4 Å². The number of aryl methyl sites for hydroxylation is 2. The van der Waals surface area contributed by atoms with Crippen LogP contribution in [0.25, 0.3) is 0 Å². The lowest BCUT2D eigenvalue weighted by Gasteiger charge is -2.07. The summed E-state index contributed by atoms with van der Waals surface area (Å²) in [5, 5.41) is 5.03. The van der Waals surface area contributed by atoms with Crippen LogP contribution in [0.2, 0.25) is 0 Å². The second kappa shape index (κ2) is 6.72. The number of alkyl halides is 1. The Morgan fingerprint density at radius 2 is 2.05 bits per heavy atom. The maximum Gasteiger partial charge on any atom is 0.264 e. The normalized spacial score (nSPS) is 10.3. The maximum atomic E-state index is 11.8.